The summed E-state index contributed by atoms with van der Waals surface area (Å²) in [5, 5.41) is 4.56. The van der Waals surface area contributed by atoms with Crippen molar-refractivity contribution < 1.29 is 0 Å². The lowest BCUT2D eigenvalue weighted by Gasteiger charge is -2.25. The molecule has 22 heavy (non-hydrogen) atoms. The Labute approximate surface area is 153 Å². The van der Waals surface area contributed by atoms with Crippen molar-refractivity contribution in [1.29, 1.82) is 0 Å². The number of hydrogen-bond acceptors (Lipinski definition) is 4. The van der Waals surface area contributed by atoms with Crippen LogP contribution in [0.5, 0.6) is 0 Å². The Kier molecular flexibility index (Phi) is 6.64. The van der Waals surface area contributed by atoms with Gasteiger partial charge in [-0.2, -0.15) is 0 Å². The van der Waals surface area contributed by atoms with E-state index in [1.165, 1.54) is 11.3 Å². The molecular weight excluding hydrogens is 409 g/mol. The SMILES string of the molecule is CN=C(NCc1ncc(C)s1)N1CCC(N2CC=CC2)C1.I. The highest BCUT2D eigenvalue weighted by atomic mass is 127. The molecule has 2 aliphatic heterocycles. The highest BCUT2D eigenvalue weighted by Crippen LogP contribution is 2.18. The molecule has 3 heterocycles. The Morgan fingerprint density at radius 2 is 2.23 bits per heavy atom. The lowest BCUT2D eigenvalue weighted by Crippen LogP contribution is -2.42. The predicted molar refractivity (Wildman–Crippen MR) is 103 cm³/mol. The first-order valence-corrected chi connectivity index (χ1v) is 8.34. The van der Waals surface area contributed by atoms with Gasteiger partial charge in [0.25, 0.3) is 0 Å². The van der Waals surface area contributed by atoms with Crippen LogP contribution in [0.2, 0.25) is 0 Å². The molecule has 1 atom stereocenters. The Balaban J connectivity index is 0.00000176. The summed E-state index contributed by atoms with van der Waals surface area (Å²) in [5.74, 6) is 0.998. The smallest absolute Gasteiger partial charge is 0.194 e. The van der Waals surface area contributed by atoms with E-state index in [0.717, 1.165) is 43.7 Å². The zero-order chi connectivity index (χ0) is 14.7. The van der Waals surface area contributed by atoms with Crippen LogP contribution in [0, 0.1) is 6.92 Å². The standard InChI is InChI=1S/C15H23N5S.HI/c1-12-9-17-14(21-12)10-18-15(16-2)20-8-5-13(11-20)19-6-3-4-7-19;/h3-4,9,13H,5-8,10-11H2,1-2H3,(H,16,18);1H. The van der Waals surface area contributed by atoms with E-state index in [0.29, 0.717) is 6.04 Å². The molecule has 0 radical (unpaired) electrons. The van der Waals surface area contributed by atoms with Crippen LogP contribution in [0.1, 0.15) is 16.3 Å². The van der Waals surface area contributed by atoms with Crippen LogP contribution in [0.3, 0.4) is 0 Å². The summed E-state index contributed by atoms with van der Waals surface area (Å²) in [6.07, 6.45) is 7.68. The largest absolute Gasteiger partial charge is 0.350 e. The van der Waals surface area contributed by atoms with Gasteiger partial charge in [-0.15, -0.1) is 35.3 Å². The maximum absolute atomic E-state index is 4.43. The van der Waals surface area contributed by atoms with E-state index >= 15 is 0 Å². The van der Waals surface area contributed by atoms with Crippen molar-refractivity contribution >= 4 is 41.3 Å². The summed E-state index contributed by atoms with van der Waals surface area (Å²) in [6.45, 7) is 7.20. The van der Waals surface area contributed by atoms with Gasteiger partial charge in [0.15, 0.2) is 5.96 Å². The van der Waals surface area contributed by atoms with Gasteiger partial charge in [0, 0.05) is 50.3 Å². The summed E-state index contributed by atoms with van der Waals surface area (Å²) in [6, 6.07) is 0.653. The molecule has 0 spiro atoms. The van der Waals surface area contributed by atoms with Gasteiger partial charge in [-0.1, -0.05) is 12.2 Å². The number of hydrogen-bond donors (Lipinski definition) is 1. The second-order valence-electron chi connectivity index (χ2n) is 5.58. The van der Waals surface area contributed by atoms with E-state index in [4.69, 9.17) is 0 Å². The van der Waals surface area contributed by atoms with Crippen LogP contribution in [-0.2, 0) is 6.54 Å². The van der Waals surface area contributed by atoms with E-state index in [9.17, 15) is 0 Å². The molecule has 0 aliphatic carbocycles. The number of aliphatic imine (C=N–C) groups is 1. The molecule has 3 rings (SSSR count). The lowest BCUT2D eigenvalue weighted by atomic mass is 10.2. The Morgan fingerprint density at radius 3 is 2.86 bits per heavy atom. The topological polar surface area (TPSA) is 43.8 Å². The fourth-order valence-electron chi connectivity index (χ4n) is 2.99. The van der Waals surface area contributed by atoms with Gasteiger partial charge in [0.2, 0.25) is 0 Å². The number of guanidine groups is 1. The third-order valence-electron chi connectivity index (χ3n) is 4.10. The summed E-state index contributed by atoms with van der Waals surface area (Å²) < 4.78 is 0. The van der Waals surface area contributed by atoms with Crippen LogP contribution in [0.25, 0.3) is 0 Å². The highest BCUT2D eigenvalue weighted by Gasteiger charge is 2.29. The summed E-state index contributed by atoms with van der Waals surface area (Å²) in [4.78, 5) is 15.0. The molecular formula is C15H24IN5S. The molecule has 0 saturated carbocycles. The first kappa shape index (κ1) is 17.7. The van der Waals surface area contributed by atoms with Crippen LogP contribution in [0.15, 0.2) is 23.3 Å². The quantitative estimate of drug-likeness (QED) is 0.343. The molecule has 7 heteroatoms. The highest BCUT2D eigenvalue weighted by molar-refractivity contribution is 14.0. The molecule has 1 N–H and O–H groups in total. The fraction of sp³-hybridized carbons (Fsp3) is 0.600. The molecule has 0 aromatic carbocycles. The monoisotopic (exact) mass is 433 g/mol. The third-order valence-corrected chi connectivity index (χ3v) is 5.02. The van der Waals surface area contributed by atoms with Crippen molar-refractivity contribution in [3.8, 4) is 0 Å². The maximum Gasteiger partial charge on any atom is 0.194 e. The van der Waals surface area contributed by atoms with Crippen molar-refractivity contribution in [3.05, 3.63) is 28.2 Å². The molecule has 0 bridgehead atoms. The van der Waals surface area contributed by atoms with Gasteiger partial charge < -0.3 is 10.2 Å². The number of halogens is 1. The number of nitrogens with zero attached hydrogens (tertiary/aromatic N) is 4. The molecule has 122 valence electrons. The van der Waals surface area contributed by atoms with Gasteiger partial charge in [-0.3, -0.25) is 9.89 Å². The second-order valence-corrected chi connectivity index (χ2v) is 6.90. The van der Waals surface area contributed by atoms with Crippen molar-refractivity contribution in [2.45, 2.75) is 25.9 Å². The minimum Gasteiger partial charge on any atom is -0.350 e. The maximum atomic E-state index is 4.43. The number of thiazole rings is 1. The zero-order valence-corrected chi connectivity index (χ0v) is 16.3. The minimum absolute atomic E-state index is 0. The Hall–Kier alpha value is -0.670. The van der Waals surface area contributed by atoms with Crippen molar-refractivity contribution in [2.75, 3.05) is 33.2 Å². The Bertz CT molecular complexity index is 534. The summed E-state index contributed by atoms with van der Waals surface area (Å²) >= 11 is 1.74. The van der Waals surface area contributed by atoms with E-state index in [1.54, 1.807) is 11.3 Å². The third kappa shape index (κ3) is 4.20. The van der Waals surface area contributed by atoms with Gasteiger partial charge in [0.05, 0.1) is 6.54 Å². The Morgan fingerprint density at radius 1 is 1.45 bits per heavy atom. The van der Waals surface area contributed by atoms with E-state index in [1.807, 2.05) is 13.2 Å². The van der Waals surface area contributed by atoms with Gasteiger partial charge in [-0.05, 0) is 13.3 Å². The second kappa shape index (κ2) is 8.26. The lowest BCUT2D eigenvalue weighted by molar-refractivity contribution is 0.259. The van der Waals surface area contributed by atoms with Crippen LogP contribution < -0.4 is 5.32 Å². The number of aromatic nitrogens is 1. The fourth-order valence-corrected chi connectivity index (χ4v) is 3.72. The van der Waals surface area contributed by atoms with E-state index in [-0.39, 0.29) is 24.0 Å². The molecule has 1 aromatic rings. The van der Waals surface area contributed by atoms with E-state index < -0.39 is 0 Å². The first-order valence-electron chi connectivity index (χ1n) is 7.52. The number of rotatable bonds is 3. The average molecular weight is 433 g/mol. The molecule has 2 aliphatic rings. The number of nitrogens with one attached hydrogen (secondary N) is 1. The first-order chi connectivity index (χ1) is 10.3. The van der Waals surface area contributed by atoms with Crippen LogP contribution >= 0.6 is 35.3 Å². The van der Waals surface area contributed by atoms with Crippen molar-refractivity contribution in [2.24, 2.45) is 4.99 Å². The molecule has 5 nitrogen and oxygen atoms in total. The van der Waals surface area contributed by atoms with Crippen molar-refractivity contribution in [1.82, 2.24) is 20.1 Å². The molecule has 1 fully saturated rings. The van der Waals surface area contributed by atoms with Gasteiger partial charge in [-0.25, -0.2) is 4.98 Å². The minimum atomic E-state index is 0. The molecule has 1 unspecified atom stereocenters. The molecule has 0 amide bonds. The summed E-state index contributed by atoms with van der Waals surface area (Å²) in [5.41, 5.74) is 0. The van der Waals surface area contributed by atoms with Gasteiger partial charge in [0.1, 0.15) is 5.01 Å². The van der Waals surface area contributed by atoms with E-state index in [2.05, 4.69) is 44.2 Å². The number of likely N-dealkylation sites (tertiary alicyclic amines) is 1. The van der Waals surface area contributed by atoms with Gasteiger partial charge >= 0.3 is 0 Å². The molecule has 1 saturated heterocycles. The zero-order valence-electron chi connectivity index (χ0n) is 13.2. The van der Waals surface area contributed by atoms with Crippen molar-refractivity contribution in [3.63, 3.8) is 0 Å². The molecule has 1 aromatic heterocycles. The normalized spacial score (nSPS) is 22.2. The average Bonchev–Trinajstić information content (AvgIpc) is 3.19. The predicted octanol–water partition coefficient (Wildman–Crippen LogP) is 2.09. The number of aryl methyl sites for hydroxylation is 1. The van der Waals surface area contributed by atoms with Crippen LogP contribution in [-0.4, -0.2) is 60.0 Å². The van der Waals surface area contributed by atoms with Crippen LogP contribution in [0.4, 0.5) is 0 Å². The summed E-state index contributed by atoms with van der Waals surface area (Å²) in [7, 11) is 1.86.